The zero-order chi connectivity index (χ0) is 18.7. The van der Waals surface area contributed by atoms with Crippen LogP contribution in [0, 0.1) is 13.8 Å². The second kappa shape index (κ2) is 7.35. The van der Waals surface area contributed by atoms with Crippen molar-refractivity contribution in [2.75, 3.05) is 10.0 Å². The SMILES string of the molecule is Cc1ccc(C)c(Nc2ccc(NS(=O)(=O)c3cccc(Cl)c3)nc2)c1. The van der Waals surface area contributed by atoms with Gasteiger partial charge in [-0.3, -0.25) is 4.72 Å². The number of nitrogens with one attached hydrogen (secondary N) is 2. The summed E-state index contributed by atoms with van der Waals surface area (Å²) in [7, 11) is -3.74. The summed E-state index contributed by atoms with van der Waals surface area (Å²) in [5.74, 6) is 0.233. The molecule has 0 radical (unpaired) electrons. The quantitative estimate of drug-likeness (QED) is 0.653. The first-order valence-electron chi connectivity index (χ1n) is 7.92. The summed E-state index contributed by atoms with van der Waals surface area (Å²) in [6, 6.07) is 15.6. The summed E-state index contributed by atoms with van der Waals surface area (Å²) in [5.41, 5.74) is 4.02. The molecule has 26 heavy (non-hydrogen) atoms. The van der Waals surface area contributed by atoms with Gasteiger partial charge in [0.25, 0.3) is 10.0 Å². The van der Waals surface area contributed by atoms with Crippen molar-refractivity contribution in [3.63, 3.8) is 0 Å². The molecule has 0 saturated heterocycles. The van der Waals surface area contributed by atoms with Gasteiger partial charge in [0.1, 0.15) is 5.82 Å². The molecule has 0 saturated carbocycles. The average molecular weight is 388 g/mol. The van der Waals surface area contributed by atoms with Gasteiger partial charge in [-0.2, -0.15) is 0 Å². The molecule has 7 heteroatoms. The Kier molecular flexibility index (Phi) is 5.15. The Morgan fingerprint density at radius 2 is 1.81 bits per heavy atom. The molecule has 0 aliphatic rings. The third-order valence-corrected chi connectivity index (χ3v) is 5.37. The third kappa shape index (κ3) is 4.33. The minimum Gasteiger partial charge on any atom is -0.354 e. The van der Waals surface area contributed by atoms with Crippen molar-refractivity contribution in [3.05, 3.63) is 76.9 Å². The van der Waals surface area contributed by atoms with Crippen molar-refractivity contribution < 1.29 is 8.42 Å². The maximum absolute atomic E-state index is 12.4. The molecule has 0 aliphatic heterocycles. The van der Waals surface area contributed by atoms with Gasteiger partial charge in [-0.15, -0.1) is 0 Å². The predicted octanol–water partition coefficient (Wildman–Crippen LogP) is 4.90. The lowest BCUT2D eigenvalue weighted by Crippen LogP contribution is -2.13. The Morgan fingerprint density at radius 3 is 2.50 bits per heavy atom. The van der Waals surface area contributed by atoms with Gasteiger partial charge in [-0.1, -0.05) is 29.8 Å². The number of hydrogen-bond donors (Lipinski definition) is 2. The highest BCUT2D eigenvalue weighted by molar-refractivity contribution is 7.92. The predicted molar refractivity (Wildman–Crippen MR) is 106 cm³/mol. The van der Waals surface area contributed by atoms with Gasteiger partial charge in [0.05, 0.1) is 16.8 Å². The molecular formula is C19H18ClN3O2S. The van der Waals surface area contributed by atoms with Gasteiger partial charge in [0, 0.05) is 10.7 Å². The van der Waals surface area contributed by atoms with Gasteiger partial charge in [-0.05, 0) is 61.4 Å². The van der Waals surface area contributed by atoms with Crippen LogP contribution in [-0.4, -0.2) is 13.4 Å². The summed E-state index contributed by atoms with van der Waals surface area (Å²) in [6.45, 7) is 4.04. The van der Waals surface area contributed by atoms with E-state index in [0.29, 0.717) is 5.02 Å². The zero-order valence-corrected chi connectivity index (χ0v) is 15.9. The zero-order valence-electron chi connectivity index (χ0n) is 14.3. The molecule has 2 aromatic carbocycles. The topological polar surface area (TPSA) is 71.1 Å². The van der Waals surface area contributed by atoms with E-state index in [1.165, 1.54) is 12.1 Å². The standard InChI is InChI=1S/C19H18ClN3O2S/c1-13-6-7-14(2)18(10-13)22-16-8-9-19(21-12-16)23-26(24,25)17-5-3-4-15(20)11-17/h3-12,22H,1-2H3,(H,21,23). The number of pyridine rings is 1. The fourth-order valence-electron chi connectivity index (χ4n) is 2.38. The van der Waals surface area contributed by atoms with E-state index < -0.39 is 10.0 Å². The molecular weight excluding hydrogens is 370 g/mol. The van der Waals surface area contributed by atoms with E-state index in [2.05, 4.69) is 15.0 Å². The molecule has 0 spiro atoms. The Labute approximate surface area is 158 Å². The van der Waals surface area contributed by atoms with Gasteiger partial charge in [0.15, 0.2) is 0 Å². The fourth-order valence-corrected chi connectivity index (χ4v) is 3.69. The lowest BCUT2D eigenvalue weighted by atomic mass is 10.1. The molecule has 3 aromatic rings. The molecule has 1 aromatic heterocycles. The highest BCUT2D eigenvalue weighted by Crippen LogP contribution is 2.23. The van der Waals surface area contributed by atoms with Crippen LogP contribution in [0.1, 0.15) is 11.1 Å². The van der Waals surface area contributed by atoms with Crippen LogP contribution in [0.4, 0.5) is 17.2 Å². The van der Waals surface area contributed by atoms with E-state index >= 15 is 0 Å². The molecule has 0 fully saturated rings. The second-order valence-electron chi connectivity index (χ2n) is 5.94. The largest absolute Gasteiger partial charge is 0.354 e. The number of rotatable bonds is 5. The van der Waals surface area contributed by atoms with E-state index in [1.807, 2.05) is 32.0 Å². The first-order chi connectivity index (χ1) is 12.3. The lowest BCUT2D eigenvalue weighted by molar-refractivity contribution is 0.601. The van der Waals surface area contributed by atoms with Crippen LogP contribution in [0.15, 0.2) is 65.7 Å². The summed E-state index contributed by atoms with van der Waals surface area (Å²) < 4.78 is 27.2. The molecule has 134 valence electrons. The Hall–Kier alpha value is -2.57. The third-order valence-electron chi connectivity index (χ3n) is 3.78. The number of benzene rings is 2. The Balaban J connectivity index is 1.76. The van der Waals surface area contributed by atoms with E-state index in [0.717, 1.165) is 22.5 Å². The maximum atomic E-state index is 12.4. The highest BCUT2D eigenvalue weighted by Gasteiger charge is 2.15. The van der Waals surface area contributed by atoms with E-state index in [9.17, 15) is 8.42 Å². The van der Waals surface area contributed by atoms with Crippen molar-refractivity contribution in [2.45, 2.75) is 18.7 Å². The number of aryl methyl sites for hydroxylation is 2. The van der Waals surface area contributed by atoms with Crippen molar-refractivity contribution in [2.24, 2.45) is 0 Å². The molecule has 2 N–H and O–H groups in total. The van der Waals surface area contributed by atoms with Gasteiger partial charge in [-0.25, -0.2) is 13.4 Å². The van der Waals surface area contributed by atoms with Crippen LogP contribution in [-0.2, 0) is 10.0 Å². The summed E-state index contributed by atoms with van der Waals surface area (Å²) in [6.07, 6.45) is 1.58. The van der Waals surface area contributed by atoms with Crippen molar-refractivity contribution in [1.82, 2.24) is 4.98 Å². The monoisotopic (exact) mass is 387 g/mol. The number of halogens is 1. The molecule has 0 aliphatic carbocycles. The van der Waals surface area contributed by atoms with Gasteiger partial charge in [0.2, 0.25) is 0 Å². The summed E-state index contributed by atoms with van der Waals surface area (Å²) >= 11 is 5.86. The van der Waals surface area contributed by atoms with Crippen LogP contribution in [0.2, 0.25) is 5.02 Å². The number of anilines is 3. The van der Waals surface area contributed by atoms with E-state index in [4.69, 9.17) is 11.6 Å². The van der Waals surface area contributed by atoms with Crippen molar-refractivity contribution >= 4 is 38.8 Å². The smallest absolute Gasteiger partial charge is 0.263 e. The van der Waals surface area contributed by atoms with Crippen LogP contribution in [0.25, 0.3) is 0 Å². The minimum absolute atomic E-state index is 0.0874. The number of nitrogens with zero attached hydrogens (tertiary/aromatic N) is 1. The molecule has 1 heterocycles. The van der Waals surface area contributed by atoms with E-state index in [1.54, 1.807) is 30.5 Å². The first kappa shape index (κ1) is 18.2. The van der Waals surface area contributed by atoms with Crippen LogP contribution in [0.5, 0.6) is 0 Å². The fraction of sp³-hybridized carbons (Fsp3) is 0.105. The molecule has 0 bridgehead atoms. The van der Waals surface area contributed by atoms with Crippen LogP contribution < -0.4 is 10.0 Å². The molecule has 0 atom stereocenters. The second-order valence-corrected chi connectivity index (χ2v) is 8.06. The maximum Gasteiger partial charge on any atom is 0.263 e. The van der Waals surface area contributed by atoms with E-state index in [-0.39, 0.29) is 10.7 Å². The average Bonchev–Trinajstić information content (AvgIpc) is 2.60. The minimum atomic E-state index is -3.74. The molecule has 3 rings (SSSR count). The highest BCUT2D eigenvalue weighted by atomic mass is 35.5. The van der Waals surface area contributed by atoms with Gasteiger partial charge >= 0.3 is 0 Å². The van der Waals surface area contributed by atoms with Gasteiger partial charge < -0.3 is 5.32 Å². The number of sulfonamides is 1. The molecule has 0 amide bonds. The summed E-state index contributed by atoms with van der Waals surface area (Å²) in [4.78, 5) is 4.26. The normalized spacial score (nSPS) is 11.2. The Morgan fingerprint density at radius 1 is 1.00 bits per heavy atom. The number of hydrogen-bond acceptors (Lipinski definition) is 4. The first-order valence-corrected chi connectivity index (χ1v) is 9.78. The van der Waals surface area contributed by atoms with Crippen LogP contribution >= 0.6 is 11.6 Å². The van der Waals surface area contributed by atoms with Crippen LogP contribution in [0.3, 0.4) is 0 Å². The molecule has 5 nitrogen and oxygen atoms in total. The van der Waals surface area contributed by atoms with Crippen molar-refractivity contribution in [1.29, 1.82) is 0 Å². The molecule has 0 unspecified atom stereocenters. The Bertz CT molecular complexity index is 1030. The number of aromatic nitrogens is 1. The lowest BCUT2D eigenvalue weighted by Gasteiger charge is -2.11. The summed E-state index contributed by atoms with van der Waals surface area (Å²) in [5, 5.41) is 3.64. The van der Waals surface area contributed by atoms with Crippen molar-refractivity contribution in [3.8, 4) is 0 Å².